The largest absolute Gasteiger partial charge is 0.508 e. The van der Waals surface area contributed by atoms with Gasteiger partial charge >= 0.3 is 0 Å². The van der Waals surface area contributed by atoms with E-state index in [-0.39, 0.29) is 35.7 Å². The van der Waals surface area contributed by atoms with Crippen LogP contribution in [-0.2, 0) is 0 Å². The molecule has 4 aromatic carbocycles. The molecule has 12 heteroatoms. The quantitative estimate of drug-likeness (QED) is 0.174. The number of phenols is 2. The molecule has 0 saturated heterocycles. The van der Waals surface area contributed by atoms with Gasteiger partial charge in [0.25, 0.3) is 11.4 Å². The van der Waals surface area contributed by atoms with Gasteiger partial charge in [-0.15, -0.1) is 0 Å². The number of para-hydroxylation sites is 2. The number of benzene rings is 4. The number of phenolic OH excluding ortho intramolecular Hbond substituents is 2. The van der Waals surface area contributed by atoms with Crippen molar-refractivity contribution in [3.8, 4) is 23.0 Å². The summed E-state index contributed by atoms with van der Waals surface area (Å²) in [6, 6.07) is 21.5. The molecule has 0 fully saturated rings. The average molecular weight is 575 g/mol. The third-order valence-corrected chi connectivity index (χ3v) is 7.08. The summed E-state index contributed by atoms with van der Waals surface area (Å²) in [5, 5.41) is 61.5. The monoisotopic (exact) mass is 574 g/mol. The number of fused-ring (bicyclic) bond motifs is 2. The summed E-state index contributed by atoms with van der Waals surface area (Å²) in [6.07, 6.45) is -2.49. The van der Waals surface area contributed by atoms with Crippen LogP contribution in [0.4, 0.5) is 11.4 Å². The summed E-state index contributed by atoms with van der Waals surface area (Å²) in [7, 11) is 0. The smallest absolute Gasteiger partial charge is 0.276 e. The van der Waals surface area contributed by atoms with Gasteiger partial charge in [-0.2, -0.15) is 0 Å². The fraction of sp³-hybridized carbons (Fsp3) is 0.200. The number of hydrogen-bond acceptors (Lipinski definition) is 10. The van der Waals surface area contributed by atoms with Crippen molar-refractivity contribution in [2.75, 3.05) is 0 Å². The predicted octanol–water partition coefficient (Wildman–Crippen LogP) is 5.72. The minimum Gasteiger partial charge on any atom is -0.508 e. The van der Waals surface area contributed by atoms with Gasteiger partial charge in [0.15, 0.2) is 0 Å². The molecule has 2 heterocycles. The standard InChI is InChI=1S/2C15H13NO5/c2*17-9-5-6-14-11(7-9)13(18)8-15(21-14)10-3-1-2-4-12(10)16(19)20/h2*1-7,13,15,17-18H,8H2. The van der Waals surface area contributed by atoms with Gasteiger partial charge < -0.3 is 29.9 Å². The van der Waals surface area contributed by atoms with Crippen LogP contribution in [-0.4, -0.2) is 30.3 Å². The summed E-state index contributed by atoms with van der Waals surface area (Å²) in [4.78, 5) is 21.3. The average Bonchev–Trinajstić information content (AvgIpc) is 2.98. The maximum absolute atomic E-state index is 11.1. The van der Waals surface area contributed by atoms with Crippen LogP contribution in [0, 0.1) is 20.2 Å². The van der Waals surface area contributed by atoms with E-state index in [9.17, 15) is 40.7 Å². The number of aliphatic hydroxyl groups excluding tert-OH is 2. The zero-order valence-electron chi connectivity index (χ0n) is 21.9. The van der Waals surface area contributed by atoms with E-state index in [0.717, 1.165) is 0 Å². The molecule has 4 atom stereocenters. The van der Waals surface area contributed by atoms with Crippen LogP contribution in [0.25, 0.3) is 0 Å². The molecule has 0 amide bonds. The molecule has 0 aliphatic carbocycles. The third-order valence-electron chi connectivity index (χ3n) is 7.08. The molecule has 2 aliphatic heterocycles. The van der Waals surface area contributed by atoms with E-state index in [4.69, 9.17) is 9.47 Å². The fourth-order valence-corrected chi connectivity index (χ4v) is 5.10. The Kier molecular flexibility index (Phi) is 7.91. The lowest BCUT2D eigenvalue weighted by Crippen LogP contribution is -2.19. The Morgan fingerprint density at radius 2 is 0.976 bits per heavy atom. The highest BCUT2D eigenvalue weighted by Crippen LogP contribution is 2.45. The number of nitrogens with zero attached hydrogens (tertiary/aromatic N) is 2. The third kappa shape index (κ3) is 5.80. The van der Waals surface area contributed by atoms with Gasteiger partial charge in [0.2, 0.25) is 0 Å². The van der Waals surface area contributed by atoms with E-state index in [0.29, 0.717) is 33.8 Å². The SMILES string of the molecule is O=[N+]([O-])c1ccccc1C1CC(O)c2cc(O)ccc2O1.O=[N+]([O-])c1ccccc1C1CC(O)c2cc(O)ccc2O1. The lowest BCUT2D eigenvalue weighted by atomic mass is 9.94. The topological polar surface area (TPSA) is 186 Å². The molecule has 4 aromatic rings. The minimum atomic E-state index is -0.842. The first kappa shape index (κ1) is 28.3. The highest BCUT2D eigenvalue weighted by atomic mass is 16.6. The molecule has 12 nitrogen and oxygen atoms in total. The molecule has 0 spiro atoms. The first-order valence-electron chi connectivity index (χ1n) is 12.9. The highest BCUT2D eigenvalue weighted by molar-refractivity contribution is 5.48. The lowest BCUT2D eigenvalue weighted by molar-refractivity contribution is -0.386. The van der Waals surface area contributed by atoms with E-state index in [2.05, 4.69) is 0 Å². The van der Waals surface area contributed by atoms with E-state index in [1.165, 1.54) is 36.4 Å². The first-order valence-corrected chi connectivity index (χ1v) is 12.9. The maximum Gasteiger partial charge on any atom is 0.276 e. The van der Waals surface area contributed by atoms with Crippen LogP contribution >= 0.6 is 0 Å². The second-order valence-corrected chi connectivity index (χ2v) is 9.79. The number of nitro benzene ring substituents is 2. The Labute approximate surface area is 238 Å². The van der Waals surface area contributed by atoms with E-state index in [1.807, 2.05) is 0 Å². The van der Waals surface area contributed by atoms with Gasteiger partial charge in [-0.1, -0.05) is 24.3 Å². The Morgan fingerprint density at radius 3 is 1.36 bits per heavy atom. The van der Waals surface area contributed by atoms with Crippen LogP contribution in [0.5, 0.6) is 23.0 Å². The normalized spacial score (nSPS) is 20.4. The molecule has 2 aliphatic rings. The predicted molar refractivity (Wildman–Crippen MR) is 148 cm³/mol. The fourth-order valence-electron chi connectivity index (χ4n) is 5.10. The maximum atomic E-state index is 11.1. The molecule has 6 rings (SSSR count). The Balaban J connectivity index is 0.000000168. The van der Waals surface area contributed by atoms with Crippen molar-refractivity contribution in [3.05, 3.63) is 127 Å². The van der Waals surface area contributed by atoms with Crippen molar-refractivity contribution in [2.45, 2.75) is 37.3 Å². The Morgan fingerprint density at radius 1 is 0.595 bits per heavy atom. The van der Waals surface area contributed by atoms with Crippen molar-refractivity contribution in [1.29, 1.82) is 0 Å². The lowest BCUT2D eigenvalue weighted by Gasteiger charge is -2.29. The molecule has 0 saturated carbocycles. The van der Waals surface area contributed by atoms with Gasteiger partial charge in [-0.3, -0.25) is 20.2 Å². The van der Waals surface area contributed by atoms with E-state index < -0.39 is 34.3 Å². The number of hydrogen-bond donors (Lipinski definition) is 4. The molecule has 42 heavy (non-hydrogen) atoms. The van der Waals surface area contributed by atoms with Crippen molar-refractivity contribution >= 4 is 11.4 Å². The molecule has 4 N–H and O–H groups in total. The number of nitro groups is 2. The van der Waals surface area contributed by atoms with Gasteiger partial charge in [-0.05, 0) is 48.5 Å². The van der Waals surface area contributed by atoms with Crippen LogP contribution in [0.2, 0.25) is 0 Å². The van der Waals surface area contributed by atoms with Gasteiger partial charge in [-0.25, -0.2) is 0 Å². The molecular formula is C30H26N2O10. The summed E-state index contributed by atoms with van der Waals surface area (Å²) in [6.45, 7) is 0. The number of aliphatic hydroxyl groups is 2. The van der Waals surface area contributed by atoms with Crippen LogP contribution in [0.1, 0.15) is 59.5 Å². The van der Waals surface area contributed by atoms with E-state index >= 15 is 0 Å². The zero-order chi connectivity index (χ0) is 30.0. The van der Waals surface area contributed by atoms with Crippen molar-refractivity contribution in [1.82, 2.24) is 0 Å². The van der Waals surface area contributed by atoms with Crippen molar-refractivity contribution < 1.29 is 39.7 Å². The van der Waals surface area contributed by atoms with Crippen molar-refractivity contribution in [3.63, 3.8) is 0 Å². The Hall–Kier alpha value is -5.20. The summed E-state index contributed by atoms with van der Waals surface area (Å²) in [5.41, 5.74) is 1.78. The summed E-state index contributed by atoms with van der Waals surface area (Å²) in [5.74, 6) is 0.936. The highest BCUT2D eigenvalue weighted by Gasteiger charge is 2.33. The zero-order valence-corrected chi connectivity index (χ0v) is 21.9. The summed E-state index contributed by atoms with van der Waals surface area (Å²) >= 11 is 0. The van der Waals surface area contributed by atoms with Crippen LogP contribution in [0.15, 0.2) is 84.9 Å². The number of ether oxygens (including phenoxy) is 2. The molecule has 216 valence electrons. The molecule has 0 radical (unpaired) electrons. The van der Waals surface area contributed by atoms with Crippen molar-refractivity contribution in [2.24, 2.45) is 0 Å². The van der Waals surface area contributed by atoms with Gasteiger partial charge in [0.1, 0.15) is 35.2 Å². The van der Waals surface area contributed by atoms with Crippen LogP contribution < -0.4 is 9.47 Å². The van der Waals surface area contributed by atoms with Gasteiger partial charge in [0, 0.05) is 36.1 Å². The second kappa shape index (κ2) is 11.7. The van der Waals surface area contributed by atoms with Gasteiger partial charge in [0.05, 0.1) is 33.2 Å². The molecule has 4 unspecified atom stereocenters. The molecule has 0 bridgehead atoms. The van der Waals surface area contributed by atoms with E-state index in [1.54, 1.807) is 48.5 Å². The molecular weight excluding hydrogens is 548 g/mol. The number of aromatic hydroxyl groups is 2. The first-order chi connectivity index (χ1) is 20.1. The number of rotatable bonds is 4. The molecule has 0 aromatic heterocycles. The minimum absolute atomic E-state index is 0.0306. The second-order valence-electron chi connectivity index (χ2n) is 9.79. The van der Waals surface area contributed by atoms with Crippen LogP contribution in [0.3, 0.4) is 0 Å². The summed E-state index contributed by atoms with van der Waals surface area (Å²) < 4.78 is 11.5. The Bertz CT molecular complexity index is 1520.